The molecule has 0 radical (unpaired) electrons. The van der Waals surface area contributed by atoms with Crippen LogP contribution in [0.4, 0.5) is 0 Å². The van der Waals surface area contributed by atoms with Gasteiger partial charge in [-0.2, -0.15) is 0 Å². The van der Waals surface area contributed by atoms with Crippen molar-refractivity contribution in [2.45, 2.75) is 25.9 Å². The molecule has 0 fully saturated rings. The first-order valence-electron chi connectivity index (χ1n) is 7.43. The zero-order valence-corrected chi connectivity index (χ0v) is 13.8. The van der Waals surface area contributed by atoms with Gasteiger partial charge < -0.3 is 20.2 Å². The number of hydrogen-bond acceptors (Lipinski definition) is 4. The Morgan fingerprint density at radius 3 is 2.86 bits per heavy atom. The first-order valence-corrected chi connectivity index (χ1v) is 8.30. The molecule has 1 unspecified atom stereocenters. The van der Waals surface area contributed by atoms with Crippen molar-refractivity contribution in [3.05, 3.63) is 46.5 Å². The summed E-state index contributed by atoms with van der Waals surface area (Å²) in [4.78, 5) is 5.40. The van der Waals surface area contributed by atoms with Crippen molar-refractivity contribution in [3.8, 4) is 0 Å². The van der Waals surface area contributed by atoms with Crippen LogP contribution >= 0.6 is 11.3 Å². The number of nitrogens with zero attached hydrogens (tertiary/aromatic N) is 1. The van der Waals surface area contributed by atoms with Crippen molar-refractivity contribution in [2.24, 2.45) is 4.99 Å². The van der Waals surface area contributed by atoms with Crippen LogP contribution < -0.4 is 10.6 Å². The van der Waals surface area contributed by atoms with Crippen LogP contribution in [-0.4, -0.2) is 30.7 Å². The van der Waals surface area contributed by atoms with Crippen molar-refractivity contribution in [2.75, 3.05) is 19.6 Å². The van der Waals surface area contributed by atoms with E-state index in [1.165, 1.54) is 11.3 Å². The normalized spacial score (nSPS) is 14.6. The van der Waals surface area contributed by atoms with Crippen molar-refractivity contribution < 1.29 is 9.52 Å². The predicted octanol–water partition coefficient (Wildman–Crippen LogP) is 2.35. The lowest BCUT2D eigenvalue weighted by Crippen LogP contribution is -2.39. The second-order valence-corrected chi connectivity index (χ2v) is 6.15. The number of aliphatic imine (C=N–C) groups is 1. The van der Waals surface area contributed by atoms with Gasteiger partial charge in [0, 0.05) is 24.4 Å². The van der Waals surface area contributed by atoms with Crippen LogP contribution in [0.25, 0.3) is 0 Å². The average Bonchev–Trinajstić information content (AvgIpc) is 3.18. The quantitative estimate of drug-likeness (QED) is 0.541. The summed E-state index contributed by atoms with van der Waals surface area (Å²) in [5.74, 6) is 1.64. The van der Waals surface area contributed by atoms with Gasteiger partial charge >= 0.3 is 0 Å². The zero-order chi connectivity index (χ0) is 15.8. The largest absolute Gasteiger partial charge is 0.469 e. The number of nitrogens with one attached hydrogen (secondary N) is 2. The van der Waals surface area contributed by atoms with Gasteiger partial charge in [0.2, 0.25) is 0 Å². The van der Waals surface area contributed by atoms with E-state index in [1.807, 2.05) is 36.6 Å². The third kappa shape index (κ3) is 4.89. The summed E-state index contributed by atoms with van der Waals surface area (Å²) in [6, 6.07) is 7.70. The molecule has 0 saturated carbocycles. The summed E-state index contributed by atoms with van der Waals surface area (Å²) in [6.07, 6.45) is 2.46. The minimum atomic E-state index is -0.947. The molecule has 2 aromatic rings. The number of guanidine groups is 1. The molecule has 0 amide bonds. The molecular weight excluding hydrogens is 298 g/mol. The molecule has 120 valence electrons. The highest BCUT2D eigenvalue weighted by molar-refractivity contribution is 7.10. The third-order valence-corrected chi connectivity index (χ3v) is 4.31. The SMILES string of the molecule is CCNC(=NCC(C)(O)c1cccs1)NCCc1ccco1. The molecule has 0 saturated heterocycles. The molecule has 1 atom stereocenters. The standard InChI is InChI=1S/C16H23N3O2S/c1-3-17-15(18-9-8-13-6-4-10-21-13)19-12-16(2,20)14-7-5-11-22-14/h4-7,10-11,20H,3,8-9,12H2,1-2H3,(H2,17,18,19). The molecule has 3 N–H and O–H groups in total. The van der Waals surface area contributed by atoms with E-state index in [9.17, 15) is 5.11 Å². The van der Waals surface area contributed by atoms with Crippen LogP contribution in [0.5, 0.6) is 0 Å². The van der Waals surface area contributed by atoms with E-state index in [1.54, 1.807) is 13.2 Å². The van der Waals surface area contributed by atoms with Crippen molar-refractivity contribution >= 4 is 17.3 Å². The van der Waals surface area contributed by atoms with Crippen LogP contribution in [0.3, 0.4) is 0 Å². The minimum Gasteiger partial charge on any atom is -0.469 e. The maximum atomic E-state index is 10.5. The van der Waals surface area contributed by atoms with Crippen LogP contribution in [-0.2, 0) is 12.0 Å². The molecule has 2 rings (SSSR count). The van der Waals surface area contributed by atoms with Gasteiger partial charge in [-0.3, -0.25) is 0 Å². The van der Waals surface area contributed by atoms with Gasteiger partial charge in [0.1, 0.15) is 11.4 Å². The Morgan fingerprint density at radius 2 is 2.23 bits per heavy atom. The molecule has 6 heteroatoms. The lowest BCUT2D eigenvalue weighted by molar-refractivity contribution is 0.0711. The van der Waals surface area contributed by atoms with E-state index in [-0.39, 0.29) is 0 Å². The average molecular weight is 321 g/mol. The summed E-state index contributed by atoms with van der Waals surface area (Å²) in [7, 11) is 0. The summed E-state index contributed by atoms with van der Waals surface area (Å²) in [5, 5.41) is 18.9. The van der Waals surface area contributed by atoms with Crippen LogP contribution in [0, 0.1) is 0 Å². The first kappa shape index (κ1) is 16.6. The lowest BCUT2D eigenvalue weighted by Gasteiger charge is -2.20. The smallest absolute Gasteiger partial charge is 0.191 e. The maximum Gasteiger partial charge on any atom is 0.191 e. The molecule has 0 aliphatic rings. The molecule has 22 heavy (non-hydrogen) atoms. The zero-order valence-electron chi connectivity index (χ0n) is 13.0. The number of furan rings is 1. The second kappa shape index (κ2) is 8.00. The minimum absolute atomic E-state index is 0.309. The number of aliphatic hydroxyl groups is 1. The fourth-order valence-corrected chi connectivity index (χ4v) is 2.78. The lowest BCUT2D eigenvalue weighted by atomic mass is 10.1. The van der Waals surface area contributed by atoms with E-state index in [0.717, 1.165) is 30.1 Å². The Kier molecular flexibility index (Phi) is 6.03. The van der Waals surface area contributed by atoms with Gasteiger partial charge in [-0.15, -0.1) is 11.3 Å². The van der Waals surface area contributed by atoms with E-state index in [4.69, 9.17) is 4.42 Å². The highest BCUT2D eigenvalue weighted by Gasteiger charge is 2.23. The predicted molar refractivity (Wildman–Crippen MR) is 90.3 cm³/mol. The van der Waals surface area contributed by atoms with E-state index in [2.05, 4.69) is 15.6 Å². The van der Waals surface area contributed by atoms with Crippen molar-refractivity contribution in [3.63, 3.8) is 0 Å². The van der Waals surface area contributed by atoms with Crippen LogP contribution in [0.15, 0.2) is 45.3 Å². The summed E-state index contributed by atoms with van der Waals surface area (Å²) in [6.45, 7) is 5.60. The van der Waals surface area contributed by atoms with Crippen LogP contribution in [0.2, 0.25) is 0 Å². The molecular formula is C16H23N3O2S. The summed E-state index contributed by atoms with van der Waals surface area (Å²) >= 11 is 1.54. The number of hydrogen-bond donors (Lipinski definition) is 3. The fourth-order valence-electron chi connectivity index (χ4n) is 2.00. The summed E-state index contributed by atoms with van der Waals surface area (Å²) in [5.41, 5.74) is -0.947. The van der Waals surface area contributed by atoms with Crippen molar-refractivity contribution in [1.29, 1.82) is 0 Å². The highest BCUT2D eigenvalue weighted by Crippen LogP contribution is 2.25. The van der Waals surface area contributed by atoms with Crippen LogP contribution in [0.1, 0.15) is 24.5 Å². The monoisotopic (exact) mass is 321 g/mol. The molecule has 0 aliphatic heterocycles. The van der Waals surface area contributed by atoms with Gasteiger partial charge in [-0.05, 0) is 37.4 Å². The molecule has 5 nitrogen and oxygen atoms in total. The maximum absolute atomic E-state index is 10.5. The Balaban J connectivity index is 1.89. The fraction of sp³-hybridized carbons (Fsp3) is 0.438. The Morgan fingerprint density at radius 1 is 1.36 bits per heavy atom. The number of rotatable bonds is 7. The first-order chi connectivity index (χ1) is 10.6. The second-order valence-electron chi connectivity index (χ2n) is 5.20. The van der Waals surface area contributed by atoms with Gasteiger partial charge in [0.15, 0.2) is 5.96 Å². The van der Waals surface area contributed by atoms with Crippen molar-refractivity contribution in [1.82, 2.24) is 10.6 Å². The molecule has 0 bridgehead atoms. The van der Waals surface area contributed by atoms with Gasteiger partial charge in [-0.1, -0.05) is 6.07 Å². The molecule has 2 heterocycles. The van der Waals surface area contributed by atoms with Gasteiger partial charge in [0.25, 0.3) is 0 Å². The van der Waals surface area contributed by atoms with E-state index >= 15 is 0 Å². The molecule has 2 aromatic heterocycles. The highest BCUT2D eigenvalue weighted by atomic mass is 32.1. The van der Waals surface area contributed by atoms with Gasteiger partial charge in [-0.25, -0.2) is 4.99 Å². The Hall–Kier alpha value is -1.79. The molecule has 0 aromatic carbocycles. The summed E-state index contributed by atoms with van der Waals surface area (Å²) < 4.78 is 5.30. The van der Waals surface area contributed by atoms with E-state index in [0.29, 0.717) is 12.5 Å². The molecule has 0 spiro atoms. The van der Waals surface area contributed by atoms with E-state index < -0.39 is 5.60 Å². The topological polar surface area (TPSA) is 69.8 Å². The number of thiophene rings is 1. The third-order valence-electron chi connectivity index (χ3n) is 3.19. The van der Waals surface area contributed by atoms with Gasteiger partial charge in [0.05, 0.1) is 12.8 Å². The molecule has 0 aliphatic carbocycles. The Bertz CT molecular complexity index is 562. The Labute approximate surface area is 135 Å².